The van der Waals surface area contributed by atoms with E-state index in [2.05, 4.69) is 10.6 Å². The summed E-state index contributed by atoms with van der Waals surface area (Å²) < 4.78 is 17.4. The molecule has 39 heavy (non-hydrogen) atoms. The van der Waals surface area contributed by atoms with Gasteiger partial charge in [-0.05, 0) is 74.0 Å². The molecule has 2 fully saturated rings. The fourth-order valence-electron chi connectivity index (χ4n) is 5.16. The molecule has 2 aliphatic rings. The number of carbonyl (C=O) groups is 4. The lowest BCUT2D eigenvalue weighted by Crippen LogP contribution is -2.64. The number of hydrogen-bond donors (Lipinski definition) is 3. The summed E-state index contributed by atoms with van der Waals surface area (Å²) in [6.07, 6.45) is 2.17. The minimum atomic E-state index is -1.45. The first kappa shape index (κ1) is 32.9. The molecule has 0 aliphatic carbocycles. The Morgan fingerprint density at radius 2 is 1.69 bits per heavy atom. The lowest BCUT2D eigenvalue weighted by atomic mass is 9.77. The third-order valence-electron chi connectivity index (χ3n) is 7.92. The highest BCUT2D eigenvalue weighted by Crippen LogP contribution is 2.39. The van der Waals surface area contributed by atoms with Crippen LogP contribution in [-0.4, -0.2) is 82.0 Å². The number of piperidine rings is 1. The third kappa shape index (κ3) is 8.33. The maximum absolute atomic E-state index is 13.0. The molecule has 0 aromatic carbocycles. The standard InChI is InChI=1S/C27H48BN3O8/c1-10-20(30-23(36)37-24(3,4)5)21(33)29-19-13-16-31(18(2)32)27(17-19,22(34)35)14-11-12-15-28-38-25(6,7)26(8,9)39-28/h19-20H,10-17H2,1-9H3,(H,29,33)(H,30,36)(H,34,35)/t19-,20-,27+/m0/s1. The van der Waals surface area contributed by atoms with Crippen LogP contribution in [0.2, 0.25) is 6.32 Å². The van der Waals surface area contributed by atoms with E-state index in [1.54, 1.807) is 27.7 Å². The minimum Gasteiger partial charge on any atom is -0.479 e. The first-order chi connectivity index (χ1) is 17.8. The van der Waals surface area contributed by atoms with Gasteiger partial charge in [0.2, 0.25) is 11.8 Å². The Morgan fingerprint density at radius 3 is 2.18 bits per heavy atom. The van der Waals surface area contributed by atoms with Crippen LogP contribution in [0.4, 0.5) is 4.79 Å². The molecule has 3 N–H and O–H groups in total. The van der Waals surface area contributed by atoms with Crippen molar-refractivity contribution in [1.29, 1.82) is 0 Å². The topological polar surface area (TPSA) is 143 Å². The van der Waals surface area contributed by atoms with Crippen LogP contribution in [0.25, 0.3) is 0 Å². The van der Waals surface area contributed by atoms with Crippen LogP contribution < -0.4 is 10.6 Å². The van der Waals surface area contributed by atoms with Gasteiger partial charge in [-0.3, -0.25) is 9.59 Å². The summed E-state index contributed by atoms with van der Waals surface area (Å²) in [7, 11) is -0.374. The summed E-state index contributed by atoms with van der Waals surface area (Å²) in [6.45, 7) is 16.5. The van der Waals surface area contributed by atoms with Crippen molar-refractivity contribution >= 4 is 31.0 Å². The van der Waals surface area contributed by atoms with E-state index in [9.17, 15) is 24.3 Å². The lowest BCUT2D eigenvalue weighted by molar-refractivity contribution is -0.163. The van der Waals surface area contributed by atoms with Crippen molar-refractivity contribution in [1.82, 2.24) is 15.5 Å². The number of alkyl carbamates (subject to hydrolysis) is 1. The Labute approximate surface area is 233 Å². The highest BCUT2D eigenvalue weighted by molar-refractivity contribution is 6.45. The molecule has 12 heteroatoms. The van der Waals surface area contributed by atoms with Crippen LogP contribution >= 0.6 is 0 Å². The molecule has 0 radical (unpaired) electrons. The second kappa shape index (κ2) is 12.5. The van der Waals surface area contributed by atoms with Gasteiger partial charge in [-0.25, -0.2) is 9.59 Å². The maximum Gasteiger partial charge on any atom is 0.457 e. The molecule has 2 saturated heterocycles. The number of ether oxygens (including phenoxy) is 1. The van der Waals surface area contributed by atoms with E-state index in [0.29, 0.717) is 32.0 Å². The predicted molar refractivity (Wildman–Crippen MR) is 147 cm³/mol. The second-order valence-corrected chi connectivity index (χ2v) is 12.7. The number of hydrogen-bond acceptors (Lipinski definition) is 7. The van der Waals surface area contributed by atoms with Gasteiger partial charge in [0.25, 0.3) is 0 Å². The van der Waals surface area contributed by atoms with Gasteiger partial charge in [0, 0.05) is 25.9 Å². The lowest BCUT2D eigenvalue weighted by Gasteiger charge is -2.47. The molecule has 2 aliphatic heterocycles. The Kier molecular flexibility index (Phi) is 10.5. The van der Waals surface area contributed by atoms with Crippen LogP contribution in [0.3, 0.4) is 0 Å². The number of carboxylic acid groups (broad SMARTS) is 1. The van der Waals surface area contributed by atoms with Gasteiger partial charge in [0.15, 0.2) is 0 Å². The van der Waals surface area contributed by atoms with Crippen molar-refractivity contribution in [2.75, 3.05) is 6.54 Å². The van der Waals surface area contributed by atoms with E-state index in [1.807, 2.05) is 27.7 Å². The summed E-state index contributed by atoms with van der Waals surface area (Å²) in [5, 5.41) is 15.9. The molecule has 2 rings (SSSR count). The molecular weight excluding hydrogens is 505 g/mol. The predicted octanol–water partition coefficient (Wildman–Crippen LogP) is 3.50. The molecule has 0 spiro atoms. The zero-order valence-electron chi connectivity index (χ0n) is 25.1. The van der Waals surface area contributed by atoms with E-state index in [-0.39, 0.29) is 32.4 Å². The first-order valence-electron chi connectivity index (χ1n) is 14.0. The van der Waals surface area contributed by atoms with Crippen molar-refractivity contribution in [3.63, 3.8) is 0 Å². The highest BCUT2D eigenvalue weighted by atomic mass is 16.7. The number of carbonyl (C=O) groups excluding carboxylic acids is 3. The van der Waals surface area contributed by atoms with Crippen molar-refractivity contribution in [3.05, 3.63) is 0 Å². The number of likely N-dealkylation sites (tertiary alicyclic amines) is 1. The molecule has 222 valence electrons. The number of rotatable bonds is 10. The minimum absolute atomic E-state index is 0.0764. The van der Waals surface area contributed by atoms with Gasteiger partial charge in [-0.15, -0.1) is 0 Å². The average molecular weight is 554 g/mol. The van der Waals surface area contributed by atoms with E-state index in [4.69, 9.17) is 14.0 Å². The molecule has 3 atom stereocenters. The smallest absolute Gasteiger partial charge is 0.457 e. The van der Waals surface area contributed by atoms with Gasteiger partial charge in [-0.1, -0.05) is 19.8 Å². The number of aliphatic carboxylic acids is 1. The summed E-state index contributed by atoms with van der Waals surface area (Å²) in [5.74, 6) is -1.82. The van der Waals surface area contributed by atoms with Gasteiger partial charge >= 0.3 is 19.2 Å². The Morgan fingerprint density at radius 1 is 1.10 bits per heavy atom. The van der Waals surface area contributed by atoms with Crippen LogP contribution in [0.15, 0.2) is 0 Å². The fraction of sp³-hybridized carbons (Fsp3) is 0.852. The number of unbranched alkanes of at least 4 members (excludes halogenated alkanes) is 1. The van der Waals surface area contributed by atoms with Gasteiger partial charge in [-0.2, -0.15) is 0 Å². The first-order valence-corrected chi connectivity index (χ1v) is 14.0. The monoisotopic (exact) mass is 553 g/mol. The zero-order chi connectivity index (χ0) is 29.8. The number of nitrogens with one attached hydrogen (secondary N) is 2. The van der Waals surface area contributed by atoms with E-state index in [1.165, 1.54) is 11.8 Å². The van der Waals surface area contributed by atoms with E-state index in [0.717, 1.165) is 0 Å². The Bertz CT molecular complexity index is 903. The van der Waals surface area contributed by atoms with Crippen LogP contribution in [-0.2, 0) is 28.4 Å². The van der Waals surface area contributed by atoms with Crippen molar-refractivity contribution in [2.45, 2.75) is 142 Å². The number of amides is 3. The van der Waals surface area contributed by atoms with E-state index < -0.39 is 52.4 Å². The summed E-state index contributed by atoms with van der Waals surface area (Å²) in [6, 6.07) is -1.30. The van der Waals surface area contributed by atoms with Crippen LogP contribution in [0.5, 0.6) is 0 Å². The van der Waals surface area contributed by atoms with Crippen LogP contribution in [0.1, 0.15) is 101 Å². The normalized spacial score (nSPS) is 25.1. The van der Waals surface area contributed by atoms with Gasteiger partial charge in [0.05, 0.1) is 11.2 Å². The summed E-state index contributed by atoms with van der Waals surface area (Å²) in [5.41, 5.74) is -3.02. The van der Waals surface area contributed by atoms with E-state index >= 15 is 0 Å². The molecule has 2 heterocycles. The van der Waals surface area contributed by atoms with Crippen LogP contribution in [0, 0.1) is 0 Å². The molecule has 0 saturated carbocycles. The second-order valence-electron chi connectivity index (χ2n) is 12.7. The van der Waals surface area contributed by atoms with Gasteiger partial charge in [0.1, 0.15) is 17.2 Å². The molecule has 0 aromatic heterocycles. The molecule has 3 amide bonds. The molecule has 0 bridgehead atoms. The largest absolute Gasteiger partial charge is 0.479 e. The van der Waals surface area contributed by atoms with Crippen molar-refractivity contribution in [3.8, 4) is 0 Å². The number of nitrogens with zero attached hydrogens (tertiary/aromatic N) is 1. The molecule has 0 aromatic rings. The fourth-order valence-corrected chi connectivity index (χ4v) is 5.16. The average Bonchev–Trinajstić information content (AvgIpc) is 2.99. The summed E-state index contributed by atoms with van der Waals surface area (Å²) in [4.78, 5) is 51.8. The molecular formula is C27H48BN3O8. The van der Waals surface area contributed by atoms with Crippen molar-refractivity contribution < 1.29 is 38.3 Å². The van der Waals surface area contributed by atoms with Gasteiger partial charge < -0.3 is 34.7 Å². The Balaban J connectivity index is 2.06. The SMILES string of the molecule is CC[C@H](NC(=O)OC(C)(C)C)C(=O)N[C@H]1CCN(C(C)=O)[C@@](CCCCB2OC(C)(C)C(C)(C)O2)(C(=O)O)C1. The number of carboxylic acids is 1. The van der Waals surface area contributed by atoms with Crippen molar-refractivity contribution in [2.24, 2.45) is 0 Å². The Hall–Kier alpha value is -2.34. The third-order valence-corrected chi connectivity index (χ3v) is 7.92. The quantitative estimate of drug-likeness (QED) is 0.276. The zero-order valence-corrected chi connectivity index (χ0v) is 25.1. The highest BCUT2D eigenvalue weighted by Gasteiger charge is 2.52. The summed E-state index contributed by atoms with van der Waals surface area (Å²) >= 11 is 0. The molecule has 11 nitrogen and oxygen atoms in total. The molecule has 0 unspecified atom stereocenters. The maximum atomic E-state index is 13.0.